The number of hydrogen-bond donors (Lipinski definition) is 3. The average molecular weight is 203 g/mol. The van der Waals surface area contributed by atoms with Crippen molar-refractivity contribution in [2.75, 3.05) is 0 Å². The normalized spacial score (nSPS) is 8.08. The fourth-order valence-electron chi connectivity index (χ4n) is 0.559. The van der Waals surface area contributed by atoms with Gasteiger partial charge in [0.1, 0.15) is 5.82 Å². The second-order valence-electron chi connectivity index (χ2n) is 2.10. The van der Waals surface area contributed by atoms with E-state index in [1.165, 1.54) is 18.3 Å². The Bertz CT molecular complexity index is 288. The Balaban J connectivity index is -0.000000213. The van der Waals surface area contributed by atoms with E-state index in [0.717, 1.165) is 5.56 Å². The number of benzene rings is 1. The first-order valence-electron chi connectivity index (χ1n) is 3.37. The van der Waals surface area contributed by atoms with Crippen LogP contribution in [0.25, 0.3) is 0 Å². The molecule has 0 unspecified atom stereocenters. The standard InChI is InChI=1S/C7H6FN.CH4N2S.2H2/c8-7-3-1-6(5-9)2-4-7;2-1(3)4;;/h1-5,9H;(H4,2,3,4);2*1H. The molecule has 0 saturated heterocycles. The Morgan fingerprint density at radius 1 is 1.38 bits per heavy atom. The van der Waals surface area contributed by atoms with Gasteiger partial charge in [0.2, 0.25) is 0 Å². The van der Waals surface area contributed by atoms with Gasteiger partial charge >= 0.3 is 0 Å². The second-order valence-corrected chi connectivity index (χ2v) is 2.57. The molecular formula is C8H14FN3S. The third-order valence-corrected chi connectivity index (χ3v) is 1.04. The summed E-state index contributed by atoms with van der Waals surface area (Å²) < 4.78 is 12.1. The maximum atomic E-state index is 12.1. The van der Waals surface area contributed by atoms with Crippen molar-refractivity contribution in [2.45, 2.75) is 0 Å². The SMILES string of the molecule is N=Cc1ccc(F)cc1.NC(N)=S.[HH].[HH]. The Kier molecular flexibility index (Phi) is 5.38. The summed E-state index contributed by atoms with van der Waals surface area (Å²) in [5.74, 6) is -0.263. The average Bonchev–Trinajstić information content (AvgIpc) is 2.05. The molecule has 1 rings (SSSR count). The van der Waals surface area contributed by atoms with Crippen LogP contribution < -0.4 is 11.5 Å². The molecule has 74 valence electrons. The predicted octanol–water partition coefficient (Wildman–Crippen LogP) is 1.50. The Hall–Kier alpha value is -1.49. The molecular weight excluding hydrogens is 189 g/mol. The molecule has 5 N–H and O–H groups in total. The van der Waals surface area contributed by atoms with Gasteiger partial charge in [0.05, 0.1) is 0 Å². The summed E-state index contributed by atoms with van der Waals surface area (Å²) in [5, 5.41) is 6.77. The number of hydrogen-bond acceptors (Lipinski definition) is 2. The van der Waals surface area contributed by atoms with E-state index in [9.17, 15) is 4.39 Å². The highest BCUT2D eigenvalue weighted by atomic mass is 32.1. The van der Waals surface area contributed by atoms with Crippen molar-refractivity contribution in [3.63, 3.8) is 0 Å². The van der Waals surface area contributed by atoms with Gasteiger partial charge in [-0.05, 0) is 29.9 Å². The summed E-state index contributed by atoms with van der Waals surface area (Å²) in [5.41, 5.74) is 9.96. The maximum absolute atomic E-state index is 12.1. The highest BCUT2D eigenvalue weighted by molar-refractivity contribution is 7.80. The number of rotatable bonds is 1. The fraction of sp³-hybridized carbons (Fsp3) is 0. The first-order chi connectivity index (χ1) is 6.06. The molecule has 0 saturated carbocycles. The minimum atomic E-state index is -0.263. The molecule has 0 spiro atoms. The second kappa shape index (κ2) is 6.07. The van der Waals surface area contributed by atoms with E-state index in [1.54, 1.807) is 12.1 Å². The third-order valence-electron chi connectivity index (χ3n) is 1.04. The van der Waals surface area contributed by atoms with Crippen molar-refractivity contribution in [3.8, 4) is 0 Å². The van der Waals surface area contributed by atoms with Crippen LogP contribution in [0, 0.1) is 11.2 Å². The van der Waals surface area contributed by atoms with Crippen LogP contribution >= 0.6 is 12.2 Å². The molecule has 0 aliphatic rings. The number of thiocarbonyl (C=S) groups is 1. The number of nitrogens with one attached hydrogen (secondary N) is 1. The van der Waals surface area contributed by atoms with Gasteiger partial charge in [-0.15, -0.1) is 0 Å². The van der Waals surface area contributed by atoms with Crippen molar-refractivity contribution in [2.24, 2.45) is 11.5 Å². The highest BCUT2D eigenvalue weighted by Gasteiger charge is 1.86. The summed E-state index contributed by atoms with van der Waals surface area (Å²) in [6, 6.07) is 5.78. The maximum Gasteiger partial charge on any atom is 0.160 e. The van der Waals surface area contributed by atoms with Gasteiger partial charge in [0.25, 0.3) is 0 Å². The van der Waals surface area contributed by atoms with Gasteiger partial charge < -0.3 is 16.9 Å². The van der Waals surface area contributed by atoms with Crippen LogP contribution in [0.3, 0.4) is 0 Å². The van der Waals surface area contributed by atoms with Crippen molar-refractivity contribution in [1.29, 1.82) is 5.41 Å². The number of nitrogens with two attached hydrogens (primary N) is 2. The molecule has 1 aromatic carbocycles. The van der Waals surface area contributed by atoms with Crippen LogP contribution in [0.5, 0.6) is 0 Å². The fourth-order valence-corrected chi connectivity index (χ4v) is 0.559. The Morgan fingerprint density at radius 3 is 2.08 bits per heavy atom. The van der Waals surface area contributed by atoms with E-state index in [-0.39, 0.29) is 13.8 Å². The molecule has 0 aromatic heterocycles. The minimum Gasteiger partial charge on any atom is -0.377 e. The lowest BCUT2D eigenvalue weighted by Crippen LogP contribution is -2.18. The van der Waals surface area contributed by atoms with Crippen molar-refractivity contribution in [1.82, 2.24) is 0 Å². The van der Waals surface area contributed by atoms with Crippen molar-refractivity contribution >= 4 is 23.5 Å². The zero-order chi connectivity index (χ0) is 10.3. The summed E-state index contributed by atoms with van der Waals surface area (Å²) in [6.45, 7) is 0. The molecule has 0 amide bonds. The summed E-state index contributed by atoms with van der Waals surface area (Å²) in [7, 11) is 0. The Morgan fingerprint density at radius 2 is 1.77 bits per heavy atom. The summed E-state index contributed by atoms with van der Waals surface area (Å²) in [4.78, 5) is 0. The van der Waals surface area contributed by atoms with Gasteiger partial charge in [0.15, 0.2) is 5.11 Å². The van der Waals surface area contributed by atoms with Gasteiger partial charge in [-0.1, -0.05) is 12.1 Å². The van der Waals surface area contributed by atoms with E-state index < -0.39 is 0 Å². The van der Waals surface area contributed by atoms with Crippen LogP contribution in [0.4, 0.5) is 4.39 Å². The molecule has 0 aliphatic heterocycles. The van der Waals surface area contributed by atoms with E-state index in [0.29, 0.717) is 0 Å². The number of halogens is 1. The zero-order valence-electron chi connectivity index (χ0n) is 6.83. The summed E-state index contributed by atoms with van der Waals surface area (Å²) in [6.07, 6.45) is 1.18. The van der Waals surface area contributed by atoms with Crippen molar-refractivity contribution in [3.05, 3.63) is 35.6 Å². The van der Waals surface area contributed by atoms with E-state index in [1.807, 2.05) is 0 Å². The molecule has 0 aliphatic carbocycles. The molecule has 0 heterocycles. The Labute approximate surface area is 84.0 Å². The van der Waals surface area contributed by atoms with E-state index in [2.05, 4.69) is 23.7 Å². The smallest absolute Gasteiger partial charge is 0.160 e. The van der Waals surface area contributed by atoms with Gasteiger partial charge in [-0.25, -0.2) is 4.39 Å². The molecule has 13 heavy (non-hydrogen) atoms. The lowest BCUT2D eigenvalue weighted by atomic mass is 10.2. The predicted molar refractivity (Wildman–Crippen MR) is 59.5 cm³/mol. The molecule has 0 atom stereocenters. The van der Waals surface area contributed by atoms with Crippen LogP contribution in [-0.2, 0) is 0 Å². The van der Waals surface area contributed by atoms with E-state index >= 15 is 0 Å². The molecule has 0 fully saturated rings. The van der Waals surface area contributed by atoms with Crippen LogP contribution in [0.2, 0.25) is 0 Å². The van der Waals surface area contributed by atoms with Gasteiger partial charge in [0, 0.05) is 9.07 Å². The molecule has 3 nitrogen and oxygen atoms in total. The third kappa shape index (κ3) is 6.89. The lowest BCUT2D eigenvalue weighted by Gasteiger charge is -1.87. The van der Waals surface area contributed by atoms with Crippen LogP contribution in [0.1, 0.15) is 8.42 Å². The van der Waals surface area contributed by atoms with E-state index in [4.69, 9.17) is 5.41 Å². The summed E-state index contributed by atoms with van der Waals surface area (Å²) >= 11 is 4.09. The van der Waals surface area contributed by atoms with Crippen LogP contribution in [-0.4, -0.2) is 11.3 Å². The lowest BCUT2D eigenvalue weighted by molar-refractivity contribution is 0.628. The highest BCUT2D eigenvalue weighted by Crippen LogP contribution is 1.98. The molecule has 1 aromatic rings. The monoisotopic (exact) mass is 203 g/mol. The first kappa shape index (κ1) is 11.5. The molecule has 0 radical (unpaired) electrons. The molecule has 5 heteroatoms. The zero-order valence-corrected chi connectivity index (χ0v) is 7.64. The van der Waals surface area contributed by atoms with Gasteiger partial charge in [-0.3, -0.25) is 0 Å². The first-order valence-corrected chi connectivity index (χ1v) is 3.78. The van der Waals surface area contributed by atoms with Crippen LogP contribution in [0.15, 0.2) is 24.3 Å². The van der Waals surface area contributed by atoms with Crippen molar-refractivity contribution < 1.29 is 7.24 Å². The van der Waals surface area contributed by atoms with Gasteiger partial charge in [-0.2, -0.15) is 0 Å². The largest absolute Gasteiger partial charge is 0.377 e. The quantitative estimate of drug-likeness (QED) is 0.478. The molecule has 0 bridgehead atoms. The topological polar surface area (TPSA) is 75.9 Å². The minimum absolute atomic E-state index is 0.